The van der Waals surface area contributed by atoms with Crippen LogP contribution in [0.4, 0.5) is 0 Å². The molecule has 1 rings (SSSR count). The van der Waals surface area contributed by atoms with Crippen LogP contribution in [0, 0.1) is 32.1 Å². The van der Waals surface area contributed by atoms with E-state index in [1.807, 2.05) is 0 Å². The second kappa shape index (κ2) is 5.67. The first kappa shape index (κ1) is 12.7. The van der Waals surface area contributed by atoms with E-state index in [-0.39, 0.29) is 0 Å². The highest BCUT2D eigenvalue weighted by Gasteiger charge is 2.08. The molecule has 0 radical (unpaired) electrons. The molecule has 0 amide bonds. The summed E-state index contributed by atoms with van der Waals surface area (Å²) in [7, 11) is 0. The van der Waals surface area contributed by atoms with Gasteiger partial charge in [-0.05, 0) is 49.9 Å². The number of nitrogens with zero attached hydrogens (tertiary/aromatic N) is 1. The highest BCUT2D eigenvalue weighted by Crippen LogP contribution is 2.21. The third kappa shape index (κ3) is 3.08. The molecule has 0 spiro atoms. The Morgan fingerprint density at radius 3 is 2.44 bits per heavy atom. The van der Waals surface area contributed by atoms with Crippen molar-refractivity contribution in [2.24, 2.45) is 0 Å². The molecule has 0 heterocycles. The van der Waals surface area contributed by atoms with Crippen molar-refractivity contribution in [1.29, 1.82) is 5.26 Å². The summed E-state index contributed by atoms with van der Waals surface area (Å²) in [4.78, 5) is 0. The molecule has 0 saturated heterocycles. The van der Waals surface area contributed by atoms with Gasteiger partial charge >= 0.3 is 0 Å². The summed E-state index contributed by atoms with van der Waals surface area (Å²) in [5, 5.41) is 11.9. The summed E-state index contributed by atoms with van der Waals surface area (Å²) in [5.41, 5.74) is 5.32. The molecule has 2 nitrogen and oxygen atoms in total. The quantitative estimate of drug-likeness (QED) is 0.785. The van der Waals surface area contributed by atoms with E-state index in [4.69, 9.17) is 5.26 Å². The molecule has 0 saturated carbocycles. The van der Waals surface area contributed by atoms with Crippen LogP contribution < -0.4 is 5.32 Å². The molecular weight excluding hydrogens is 196 g/mol. The van der Waals surface area contributed by atoms with Gasteiger partial charge in [0.15, 0.2) is 0 Å². The van der Waals surface area contributed by atoms with Crippen molar-refractivity contribution in [2.45, 2.75) is 40.2 Å². The lowest BCUT2D eigenvalue weighted by Crippen LogP contribution is -2.20. The fourth-order valence-electron chi connectivity index (χ4n) is 1.90. The van der Waals surface area contributed by atoms with Crippen LogP contribution in [0.15, 0.2) is 12.1 Å². The Bertz CT molecular complexity index is 402. The van der Waals surface area contributed by atoms with Crippen LogP contribution in [0.25, 0.3) is 0 Å². The Balaban J connectivity index is 2.79. The van der Waals surface area contributed by atoms with Crippen LogP contribution in [0.2, 0.25) is 0 Å². The average molecular weight is 216 g/mol. The predicted octanol–water partition coefficient (Wildman–Crippen LogP) is 3.18. The van der Waals surface area contributed by atoms with E-state index in [2.05, 4.69) is 51.2 Å². The topological polar surface area (TPSA) is 35.8 Å². The van der Waals surface area contributed by atoms with Crippen LogP contribution in [-0.4, -0.2) is 6.54 Å². The highest BCUT2D eigenvalue weighted by molar-refractivity contribution is 5.37. The number of benzene rings is 1. The number of nitriles is 1. The summed E-state index contributed by atoms with van der Waals surface area (Å²) in [5.74, 6) is 0. The van der Waals surface area contributed by atoms with Crippen molar-refractivity contribution in [2.75, 3.05) is 6.54 Å². The van der Waals surface area contributed by atoms with Crippen molar-refractivity contribution in [3.05, 3.63) is 34.4 Å². The molecule has 0 fully saturated rings. The van der Waals surface area contributed by atoms with Crippen LogP contribution in [-0.2, 0) is 0 Å². The van der Waals surface area contributed by atoms with Gasteiger partial charge in [0.1, 0.15) is 0 Å². The van der Waals surface area contributed by atoms with E-state index < -0.39 is 0 Å². The highest BCUT2D eigenvalue weighted by atomic mass is 14.9. The Labute approximate surface area is 98.3 Å². The third-order valence-corrected chi connectivity index (χ3v) is 3.04. The number of aryl methyl sites for hydroxylation is 3. The fraction of sp³-hybridized carbons (Fsp3) is 0.500. The van der Waals surface area contributed by atoms with Crippen LogP contribution >= 0.6 is 0 Å². The summed E-state index contributed by atoms with van der Waals surface area (Å²) >= 11 is 0. The van der Waals surface area contributed by atoms with E-state index in [1.54, 1.807) is 0 Å². The van der Waals surface area contributed by atoms with Gasteiger partial charge in [0, 0.05) is 19.0 Å². The molecule has 1 atom stereocenters. The molecule has 0 aliphatic carbocycles. The second-order valence-electron chi connectivity index (χ2n) is 4.38. The van der Waals surface area contributed by atoms with Gasteiger partial charge in [-0.15, -0.1) is 0 Å². The smallest absolute Gasteiger partial charge is 0.0635 e. The van der Waals surface area contributed by atoms with Crippen LogP contribution in [0.1, 0.15) is 41.6 Å². The standard InChI is InChI=1S/C14H20N2/c1-10-8-12(3)14(9-11(10)2)13(4)16-7-5-6-15/h8-9,13,16H,5,7H2,1-4H3. The zero-order chi connectivity index (χ0) is 12.1. The zero-order valence-electron chi connectivity index (χ0n) is 10.6. The lowest BCUT2D eigenvalue weighted by Gasteiger charge is -2.17. The second-order valence-corrected chi connectivity index (χ2v) is 4.38. The van der Waals surface area contributed by atoms with Crippen molar-refractivity contribution in [3.8, 4) is 6.07 Å². The minimum Gasteiger partial charge on any atom is -0.309 e. The number of rotatable bonds is 4. The van der Waals surface area contributed by atoms with Gasteiger partial charge in [0.25, 0.3) is 0 Å². The van der Waals surface area contributed by atoms with Crippen molar-refractivity contribution < 1.29 is 0 Å². The van der Waals surface area contributed by atoms with Crippen molar-refractivity contribution in [1.82, 2.24) is 5.32 Å². The average Bonchev–Trinajstić information content (AvgIpc) is 2.23. The maximum Gasteiger partial charge on any atom is 0.0635 e. The molecule has 0 aliphatic rings. The minimum atomic E-state index is 0.313. The molecule has 0 bridgehead atoms. The van der Waals surface area contributed by atoms with E-state index in [0.29, 0.717) is 12.5 Å². The van der Waals surface area contributed by atoms with Gasteiger partial charge in [-0.3, -0.25) is 0 Å². The maximum absolute atomic E-state index is 8.49. The first-order valence-electron chi connectivity index (χ1n) is 5.74. The number of hydrogen-bond donors (Lipinski definition) is 1. The van der Waals surface area contributed by atoms with Crippen LogP contribution in [0.3, 0.4) is 0 Å². The van der Waals surface area contributed by atoms with Gasteiger partial charge in [0.05, 0.1) is 6.07 Å². The molecule has 86 valence electrons. The first-order valence-corrected chi connectivity index (χ1v) is 5.74. The molecule has 2 heteroatoms. The number of nitrogens with one attached hydrogen (secondary N) is 1. The third-order valence-electron chi connectivity index (χ3n) is 3.04. The first-order chi connectivity index (χ1) is 7.56. The molecule has 0 aliphatic heterocycles. The summed E-state index contributed by atoms with van der Waals surface area (Å²) in [6.07, 6.45) is 0.564. The zero-order valence-corrected chi connectivity index (χ0v) is 10.6. The van der Waals surface area contributed by atoms with E-state index in [9.17, 15) is 0 Å². The Morgan fingerprint density at radius 1 is 1.19 bits per heavy atom. The largest absolute Gasteiger partial charge is 0.309 e. The lowest BCUT2D eigenvalue weighted by molar-refractivity contribution is 0.580. The van der Waals surface area contributed by atoms with E-state index in [0.717, 1.165) is 6.54 Å². The predicted molar refractivity (Wildman–Crippen MR) is 67.3 cm³/mol. The SMILES string of the molecule is Cc1cc(C)c(C(C)NCCC#N)cc1C. The molecule has 16 heavy (non-hydrogen) atoms. The summed E-state index contributed by atoms with van der Waals surface area (Å²) in [6, 6.07) is 6.93. The van der Waals surface area contributed by atoms with Gasteiger partial charge < -0.3 is 5.32 Å². The Kier molecular flexibility index (Phi) is 4.52. The van der Waals surface area contributed by atoms with Crippen molar-refractivity contribution >= 4 is 0 Å². The summed E-state index contributed by atoms with van der Waals surface area (Å²) < 4.78 is 0. The molecule has 1 aromatic rings. The molecule has 1 N–H and O–H groups in total. The monoisotopic (exact) mass is 216 g/mol. The van der Waals surface area contributed by atoms with E-state index in [1.165, 1.54) is 22.3 Å². The molecule has 1 unspecified atom stereocenters. The lowest BCUT2D eigenvalue weighted by atomic mass is 9.96. The number of hydrogen-bond acceptors (Lipinski definition) is 2. The fourth-order valence-corrected chi connectivity index (χ4v) is 1.90. The maximum atomic E-state index is 8.49. The van der Waals surface area contributed by atoms with Gasteiger partial charge in [-0.25, -0.2) is 0 Å². The minimum absolute atomic E-state index is 0.313. The van der Waals surface area contributed by atoms with Crippen LogP contribution in [0.5, 0.6) is 0 Å². The van der Waals surface area contributed by atoms with Gasteiger partial charge in [-0.1, -0.05) is 12.1 Å². The van der Waals surface area contributed by atoms with Gasteiger partial charge in [-0.2, -0.15) is 5.26 Å². The Morgan fingerprint density at radius 2 is 1.81 bits per heavy atom. The van der Waals surface area contributed by atoms with Gasteiger partial charge in [0.2, 0.25) is 0 Å². The Hall–Kier alpha value is -1.33. The summed E-state index contributed by atoms with van der Waals surface area (Å²) in [6.45, 7) is 9.32. The molecule has 0 aromatic heterocycles. The molecule has 1 aromatic carbocycles. The van der Waals surface area contributed by atoms with E-state index >= 15 is 0 Å². The normalized spacial score (nSPS) is 12.2. The van der Waals surface area contributed by atoms with Crippen molar-refractivity contribution in [3.63, 3.8) is 0 Å². The molecular formula is C14H20N2.